The predicted octanol–water partition coefficient (Wildman–Crippen LogP) is 3.07. The van der Waals surface area contributed by atoms with Crippen LogP contribution < -0.4 is 5.32 Å². The van der Waals surface area contributed by atoms with E-state index in [1.165, 1.54) is 32.3 Å². The number of fused-ring (bicyclic) bond motifs is 1. The molecule has 1 aromatic carbocycles. The molecule has 1 N–H and O–H groups in total. The third kappa shape index (κ3) is 2.01. The molecule has 3 heteroatoms. The third-order valence-electron chi connectivity index (χ3n) is 3.23. The number of thiazole rings is 1. The SMILES string of the molecule is Cc1ccc(C)c(-c2nc3c(s2)CNCC3)c1. The van der Waals surface area contributed by atoms with Gasteiger partial charge in [-0.1, -0.05) is 17.7 Å². The van der Waals surface area contributed by atoms with Crippen LogP contribution in [0, 0.1) is 13.8 Å². The number of nitrogens with one attached hydrogen (secondary N) is 1. The Balaban J connectivity index is 2.08. The van der Waals surface area contributed by atoms with Crippen LogP contribution in [0.4, 0.5) is 0 Å². The van der Waals surface area contributed by atoms with Crippen LogP contribution in [0.25, 0.3) is 10.6 Å². The summed E-state index contributed by atoms with van der Waals surface area (Å²) in [4.78, 5) is 6.21. The van der Waals surface area contributed by atoms with Gasteiger partial charge in [-0.25, -0.2) is 4.98 Å². The van der Waals surface area contributed by atoms with Crippen molar-refractivity contribution in [3.63, 3.8) is 0 Å². The van der Waals surface area contributed by atoms with Crippen LogP contribution in [0.5, 0.6) is 0 Å². The van der Waals surface area contributed by atoms with Crippen LogP contribution in [0.3, 0.4) is 0 Å². The van der Waals surface area contributed by atoms with Gasteiger partial charge >= 0.3 is 0 Å². The molecule has 0 saturated carbocycles. The van der Waals surface area contributed by atoms with Gasteiger partial charge in [0.05, 0.1) is 5.69 Å². The Labute approximate surface area is 106 Å². The highest BCUT2D eigenvalue weighted by molar-refractivity contribution is 7.15. The molecule has 1 aromatic heterocycles. The fourth-order valence-electron chi connectivity index (χ4n) is 2.21. The molecular formula is C14H16N2S. The smallest absolute Gasteiger partial charge is 0.124 e. The number of benzene rings is 1. The van der Waals surface area contributed by atoms with Crippen LogP contribution in [0.2, 0.25) is 0 Å². The van der Waals surface area contributed by atoms with Gasteiger partial charge in [-0.3, -0.25) is 0 Å². The van der Waals surface area contributed by atoms with Gasteiger partial charge in [-0.05, 0) is 25.5 Å². The molecule has 17 heavy (non-hydrogen) atoms. The van der Waals surface area contributed by atoms with Gasteiger partial charge in [0.15, 0.2) is 0 Å². The van der Waals surface area contributed by atoms with E-state index in [1.54, 1.807) is 0 Å². The van der Waals surface area contributed by atoms with E-state index < -0.39 is 0 Å². The monoisotopic (exact) mass is 244 g/mol. The summed E-state index contributed by atoms with van der Waals surface area (Å²) >= 11 is 1.84. The zero-order valence-corrected chi connectivity index (χ0v) is 11.0. The Bertz CT molecular complexity index is 534. The van der Waals surface area contributed by atoms with Crippen molar-refractivity contribution >= 4 is 11.3 Å². The van der Waals surface area contributed by atoms with Gasteiger partial charge in [0.25, 0.3) is 0 Å². The summed E-state index contributed by atoms with van der Waals surface area (Å²) in [5.74, 6) is 0. The maximum Gasteiger partial charge on any atom is 0.124 e. The second-order valence-corrected chi connectivity index (χ2v) is 5.72. The fraction of sp³-hybridized carbons (Fsp3) is 0.357. The Morgan fingerprint density at radius 2 is 2.18 bits per heavy atom. The molecule has 0 bridgehead atoms. The summed E-state index contributed by atoms with van der Waals surface area (Å²) in [6, 6.07) is 6.59. The lowest BCUT2D eigenvalue weighted by Gasteiger charge is -2.09. The summed E-state index contributed by atoms with van der Waals surface area (Å²) in [7, 11) is 0. The van der Waals surface area contributed by atoms with Gasteiger partial charge in [0.1, 0.15) is 5.01 Å². The van der Waals surface area contributed by atoms with Gasteiger partial charge < -0.3 is 5.32 Å². The van der Waals surface area contributed by atoms with Crippen molar-refractivity contribution in [3.05, 3.63) is 39.9 Å². The number of rotatable bonds is 1. The van der Waals surface area contributed by atoms with E-state index in [4.69, 9.17) is 4.98 Å². The van der Waals surface area contributed by atoms with Gasteiger partial charge in [0, 0.05) is 30.0 Å². The van der Waals surface area contributed by atoms with Crippen LogP contribution in [-0.4, -0.2) is 11.5 Å². The van der Waals surface area contributed by atoms with Crippen molar-refractivity contribution in [2.24, 2.45) is 0 Å². The van der Waals surface area contributed by atoms with E-state index in [2.05, 4.69) is 37.4 Å². The van der Waals surface area contributed by atoms with Crippen molar-refractivity contribution < 1.29 is 0 Å². The minimum atomic E-state index is 0.984. The molecule has 0 aliphatic carbocycles. The summed E-state index contributed by atoms with van der Waals surface area (Å²) < 4.78 is 0. The van der Waals surface area contributed by atoms with E-state index in [9.17, 15) is 0 Å². The molecule has 0 saturated heterocycles. The van der Waals surface area contributed by atoms with Crippen molar-refractivity contribution in [1.29, 1.82) is 0 Å². The quantitative estimate of drug-likeness (QED) is 0.834. The van der Waals surface area contributed by atoms with Crippen molar-refractivity contribution in [2.45, 2.75) is 26.8 Å². The molecule has 0 spiro atoms. The Morgan fingerprint density at radius 1 is 1.29 bits per heavy atom. The van der Waals surface area contributed by atoms with E-state index in [1.807, 2.05) is 11.3 Å². The standard InChI is InChI=1S/C14H16N2S/c1-9-3-4-10(2)11(7-9)14-16-12-5-6-15-8-13(12)17-14/h3-4,7,15H,5-6,8H2,1-2H3. The first-order valence-corrected chi connectivity index (χ1v) is 6.82. The molecule has 2 nitrogen and oxygen atoms in total. The molecule has 3 rings (SSSR count). The highest BCUT2D eigenvalue weighted by Crippen LogP contribution is 2.32. The zero-order valence-electron chi connectivity index (χ0n) is 10.2. The minimum absolute atomic E-state index is 0.984. The lowest BCUT2D eigenvalue weighted by molar-refractivity contribution is 0.644. The molecule has 0 atom stereocenters. The fourth-order valence-corrected chi connectivity index (χ4v) is 3.37. The average Bonchev–Trinajstić information content (AvgIpc) is 2.75. The van der Waals surface area contributed by atoms with Crippen LogP contribution in [0.15, 0.2) is 18.2 Å². The number of aromatic nitrogens is 1. The molecule has 2 aromatic rings. The molecule has 88 valence electrons. The minimum Gasteiger partial charge on any atom is -0.311 e. The Morgan fingerprint density at radius 3 is 3.00 bits per heavy atom. The third-order valence-corrected chi connectivity index (χ3v) is 4.36. The number of nitrogens with zero attached hydrogens (tertiary/aromatic N) is 1. The summed E-state index contributed by atoms with van der Waals surface area (Å²) in [6.07, 6.45) is 1.07. The first-order chi connectivity index (χ1) is 8.24. The lowest BCUT2D eigenvalue weighted by atomic mass is 10.1. The lowest BCUT2D eigenvalue weighted by Crippen LogP contribution is -2.22. The van der Waals surface area contributed by atoms with E-state index in [0.29, 0.717) is 0 Å². The number of hydrogen-bond donors (Lipinski definition) is 1. The van der Waals surface area contributed by atoms with Crippen molar-refractivity contribution in [1.82, 2.24) is 10.3 Å². The molecule has 1 aliphatic rings. The second-order valence-electron chi connectivity index (χ2n) is 4.63. The number of aryl methyl sites for hydroxylation is 2. The van der Waals surface area contributed by atoms with E-state index in [-0.39, 0.29) is 0 Å². The molecule has 0 unspecified atom stereocenters. The van der Waals surface area contributed by atoms with Crippen molar-refractivity contribution in [2.75, 3.05) is 6.54 Å². The predicted molar refractivity (Wildman–Crippen MR) is 72.4 cm³/mol. The van der Waals surface area contributed by atoms with E-state index in [0.717, 1.165) is 19.5 Å². The van der Waals surface area contributed by atoms with Crippen LogP contribution in [-0.2, 0) is 13.0 Å². The zero-order chi connectivity index (χ0) is 11.8. The second kappa shape index (κ2) is 4.24. The van der Waals surface area contributed by atoms with Gasteiger partial charge in [-0.15, -0.1) is 11.3 Å². The summed E-state index contributed by atoms with van der Waals surface area (Å²) in [6.45, 7) is 6.34. The first kappa shape index (κ1) is 10.9. The van der Waals surface area contributed by atoms with Crippen LogP contribution in [0.1, 0.15) is 21.7 Å². The molecule has 1 aliphatic heterocycles. The number of hydrogen-bond acceptors (Lipinski definition) is 3. The van der Waals surface area contributed by atoms with E-state index >= 15 is 0 Å². The topological polar surface area (TPSA) is 24.9 Å². The maximum atomic E-state index is 4.80. The first-order valence-electron chi connectivity index (χ1n) is 6.01. The van der Waals surface area contributed by atoms with Crippen LogP contribution >= 0.6 is 11.3 Å². The van der Waals surface area contributed by atoms with Crippen molar-refractivity contribution in [3.8, 4) is 10.6 Å². The molecule has 2 heterocycles. The average molecular weight is 244 g/mol. The van der Waals surface area contributed by atoms with Gasteiger partial charge in [-0.2, -0.15) is 0 Å². The maximum absolute atomic E-state index is 4.80. The molecular weight excluding hydrogens is 228 g/mol. The molecule has 0 radical (unpaired) electrons. The highest BCUT2D eigenvalue weighted by atomic mass is 32.1. The summed E-state index contributed by atoms with van der Waals surface area (Å²) in [5, 5.41) is 4.58. The molecule has 0 amide bonds. The highest BCUT2D eigenvalue weighted by Gasteiger charge is 2.16. The Kier molecular flexibility index (Phi) is 2.73. The Hall–Kier alpha value is -1.19. The molecule has 0 fully saturated rings. The summed E-state index contributed by atoms with van der Waals surface area (Å²) in [5.41, 5.74) is 5.21. The normalized spacial score (nSPS) is 14.7. The largest absolute Gasteiger partial charge is 0.311 e. The van der Waals surface area contributed by atoms with Gasteiger partial charge in [0.2, 0.25) is 0 Å².